The summed E-state index contributed by atoms with van der Waals surface area (Å²) in [5, 5.41) is 9.66. The van der Waals surface area contributed by atoms with Gasteiger partial charge in [0.1, 0.15) is 0 Å². The maximum absolute atomic E-state index is 11.7. The fourth-order valence-electron chi connectivity index (χ4n) is 1.75. The van der Waals surface area contributed by atoms with Crippen LogP contribution in [0.25, 0.3) is 0 Å². The third kappa shape index (κ3) is 3.97. The Morgan fingerprint density at radius 1 is 1.39 bits per heavy atom. The Labute approximate surface area is 108 Å². The molecule has 18 heavy (non-hydrogen) atoms. The maximum atomic E-state index is 11.7. The third-order valence-corrected chi connectivity index (χ3v) is 3.66. The largest absolute Gasteiger partial charge is 0.389 e. The number of nitrogens with zero attached hydrogens (tertiary/aromatic N) is 1. The molecule has 0 radical (unpaired) electrons. The van der Waals surface area contributed by atoms with Gasteiger partial charge in [-0.15, -0.1) is 0 Å². The number of hydrogen-bond donors (Lipinski definition) is 1. The van der Waals surface area contributed by atoms with E-state index >= 15 is 0 Å². The van der Waals surface area contributed by atoms with Gasteiger partial charge in [0.15, 0.2) is 9.84 Å². The molecule has 0 saturated carbocycles. The van der Waals surface area contributed by atoms with E-state index in [9.17, 15) is 13.5 Å². The number of ether oxygens (including phenoxy) is 1. The quantitative estimate of drug-likeness (QED) is 0.819. The summed E-state index contributed by atoms with van der Waals surface area (Å²) in [7, 11) is -0.0345. The highest BCUT2D eigenvalue weighted by molar-refractivity contribution is 7.90. The lowest BCUT2D eigenvalue weighted by Gasteiger charge is -2.24. The van der Waals surface area contributed by atoms with E-state index < -0.39 is 15.9 Å². The van der Waals surface area contributed by atoms with E-state index in [0.29, 0.717) is 12.2 Å². The zero-order chi connectivity index (χ0) is 13.8. The monoisotopic (exact) mass is 273 g/mol. The van der Waals surface area contributed by atoms with Gasteiger partial charge in [-0.05, 0) is 12.1 Å². The average molecular weight is 273 g/mol. The SMILES string of the molecule is COCC(O)CN(C)c1ccccc1S(C)(=O)=O. The Hall–Kier alpha value is -1.11. The van der Waals surface area contributed by atoms with Gasteiger partial charge in [-0.25, -0.2) is 8.42 Å². The van der Waals surface area contributed by atoms with E-state index in [1.807, 2.05) is 0 Å². The zero-order valence-electron chi connectivity index (χ0n) is 10.8. The molecule has 0 fully saturated rings. The number of benzene rings is 1. The predicted octanol–water partition coefficient (Wildman–Crippen LogP) is 0.534. The normalized spacial score (nSPS) is 13.3. The minimum atomic E-state index is -3.28. The molecule has 0 aromatic heterocycles. The first kappa shape index (κ1) is 14.9. The molecule has 0 amide bonds. The molecular weight excluding hydrogens is 254 g/mol. The Morgan fingerprint density at radius 2 is 2.00 bits per heavy atom. The number of likely N-dealkylation sites (N-methyl/N-ethyl adjacent to an activating group) is 1. The van der Waals surface area contributed by atoms with Crippen LogP contribution in [0.3, 0.4) is 0 Å². The van der Waals surface area contributed by atoms with Gasteiger partial charge in [-0.2, -0.15) is 0 Å². The van der Waals surface area contributed by atoms with Gasteiger partial charge in [0.25, 0.3) is 0 Å². The van der Waals surface area contributed by atoms with Crippen molar-refractivity contribution in [1.29, 1.82) is 0 Å². The molecule has 1 aromatic rings. The molecule has 0 aliphatic rings. The summed E-state index contributed by atoms with van der Waals surface area (Å²) in [6.45, 7) is 0.520. The van der Waals surface area contributed by atoms with Gasteiger partial charge in [-0.1, -0.05) is 12.1 Å². The molecule has 0 spiro atoms. The van der Waals surface area contributed by atoms with Crippen molar-refractivity contribution in [3.63, 3.8) is 0 Å². The van der Waals surface area contributed by atoms with Crippen LogP contribution in [-0.4, -0.2) is 53.2 Å². The van der Waals surface area contributed by atoms with Gasteiger partial charge in [-0.3, -0.25) is 0 Å². The fourth-order valence-corrected chi connectivity index (χ4v) is 2.68. The summed E-state index contributed by atoms with van der Waals surface area (Å²) >= 11 is 0. The molecule has 6 heteroatoms. The highest BCUT2D eigenvalue weighted by Crippen LogP contribution is 2.23. The summed E-state index contributed by atoms with van der Waals surface area (Å²) in [6, 6.07) is 6.72. The van der Waals surface area contributed by atoms with Crippen LogP contribution in [0.2, 0.25) is 0 Å². The van der Waals surface area contributed by atoms with E-state index in [1.165, 1.54) is 13.4 Å². The van der Waals surface area contributed by atoms with Crippen LogP contribution in [0.1, 0.15) is 0 Å². The highest BCUT2D eigenvalue weighted by Gasteiger charge is 2.17. The average Bonchev–Trinajstić information content (AvgIpc) is 2.28. The highest BCUT2D eigenvalue weighted by atomic mass is 32.2. The fraction of sp³-hybridized carbons (Fsp3) is 0.500. The number of rotatable bonds is 6. The number of para-hydroxylation sites is 1. The molecule has 1 rings (SSSR count). The van der Waals surface area contributed by atoms with Crippen molar-refractivity contribution >= 4 is 15.5 Å². The summed E-state index contributed by atoms with van der Waals surface area (Å²) in [4.78, 5) is 1.97. The molecule has 0 saturated heterocycles. The van der Waals surface area contributed by atoms with E-state index in [0.717, 1.165) is 0 Å². The molecule has 0 bridgehead atoms. The van der Waals surface area contributed by atoms with Crippen molar-refractivity contribution in [1.82, 2.24) is 0 Å². The zero-order valence-corrected chi connectivity index (χ0v) is 11.6. The second-order valence-corrected chi connectivity index (χ2v) is 6.21. The van der Waals surface area contributed by atoms with Crippen LogP contribution in [-0.2, 0) is 14.6 Å². The van der Waals surface area contributed by atoms with Crippen LogP contribution in [0, 0.1) is 0 Å². The van der Waals surface area contributed by atoms with Crippen LogP contribution in [0.5, 0.6) is 0 Å². The summed E-state index contributed by atoms with van der Waals surface area (Å²) in [5.74, 6) is 0. The maximum Gasteiger partial charge on any atom is 0.177 e. The number of aliphatic hydroxyl groups excluding tert-OH is 1. The lowest BCUT2D eigenvalue weighted by atomic mass is 10.2. The second kappa shape index (κ2) is 6.17. The van der Waals surface area contributed by atoms with Crippen molar-refractivity contribution < 1.29 is 18.3 Å². The number of sulfone groups is 1. The first-order valence-corrected chi connectivity index (χ1v) is 7.42. The molecule has 1 unspecified atom stereocenters. The number of anilines is 1. The molecule has 102 valence electrons. The molecule has 0 heterocycles. The van der Waals surface area contributed by atoms with Crippen molar-refractivity contribution in [3.8, 4) is 0 Å². The van der Waals surface area contributed by atoms with Crippen LogP contribution in [0.4, 0.5) is 5.69 Å². The topological polar surface area (TPSA) is 66.8 Å². The summed E-state index contributed by atoms with van der Waals surface area (Å²) < 4.78 is 28.2. The van der Waals surface area contributed by atoms with Crippen molar-refractivity contribution in [3.05, 3.63) is 24.3 Å². The minimum absolute atomic E-state index is 0.214. The second-order valence-electron chi connectivity index (χ2n) is 4.23. The lowest BCUT2D eigenvalue weighted by Crippen LogP contribution is -2.32. The Kier molecular flexibility index (Phi) is 5.13. The van der Waals surface area contributed by atoms with Gasteiger partial charge in [0.05, 0.1) is 23.3 Å². The van der Waals surface area contributed by atoms with Gasteiger partial charge >= 0.3 is 0 Å². The molecule has 5 nitrogen and oxygen atoms in total. The van der Waals surface area contributed by atoms with Crippen LogP contribution < -0.4 is 4.90 Å². The summed E-state index contributed by atoms with van der Waals surface area (Å²) in [5.41, 5.74) is 0.579. The third-order valence-electron chi connectivity index (χ3n) is 2.52. The molecule has 0 aliphatic carbocycles. The Morgan fingerprint density at radius 3 is 2.56 bits per heavy atom. The number of methoxy groups -OCH3 is 1. The van der Waals surface area contributed by atoms with Crippen molar-refractivity contribution in [2.75, 3.05) is 38.5 Å². The molecule has 1 aromatic carbocycles. The van der Waals surface area contributed by atoms with Gasteiger partial charge in [0.2, 0.25) is 0 Å². The molecule has 0 aliphatic heterocycles. The van der Waals surface area contributed by atoms with E-state index in [1.54, 1.807) is 36.2 Å². The van der Waals surface area contributed by atoms with Gasteiger partial charge in [0, 0.05) is 27.0 Å². The number of hydrogen-bond acceptors (Lipinski definition) is 5. The Balaban J connectivity index is 2.96. The molecule has 1 N–H and O–H groups in total. The van der Waals surface area contributed by atoms with E-state index in [2.05, 4.69) is 0 Å². The number of aliphatic hydroxyl groups is 1. The molecular formula is C12H19NO4S. The lowest BCUT2D eigenvalue weighted by molar-refractivity contribution is 0.0694. The van der Waals surface area contributed by atoms with Crippen LogP contribution >= 0.6 is 0 Å². The predicted molar refractivity (Wildman–Crippen MR) is 70.7 cm³/mol. The van der Waals surface area contributed by atoms with Crippen molar-refractivity contribution in [2.24, 2.45) is 0 Å². The smallest absolute Gasteiger partial charge is 0.177 e. The van der Waals surface area contributed by atoms with Crippen LogP contribution in [0.15, 0.2) is 29.2 Å². The standard InChI is InChI=1S/C12H19NO4S/c1-13(8-10(14)9-17-2)11-6-4-5-7-12(11)18(3,15)16/h4-7,10,14H,8-9H2,1-3H3. The first-order chi connectivity index (χ1) is 8.36. The Bertz CT molecular complexity index is 487. The van der Waals surface area contributed by atoms with Gasteiger partial charge < -0.3 is 14.7 Å². The minimum Gasteiger partial charge on any atom is -0.389 e. The summed E-state index contributed by atoms with van der Waals surface area (Å²) in [6.07, 6.45) is 0.512. The molecule has 1 atom stereocenters. The van der Waals surface area contributed by atoms with Crippen molar-refractivity contribution in [2.45, 2.75) is 11.0 Å². The van der Waals surface area contributed by atoms with E-state index in [-0.39, 0.29) is 11.5 Å². The van der Waals surface area contributed by atoms with E-state index in [4.69, 9.17) is 4.74 Å². The first-order valence-electron chi connectivity index (χ1n) is 5.53.